The average molecular weight is 390 g/mol. The average Bonchev–Trinajstić information content (AvgIpc) is 2.73. The lowest BCUT2D eigenvalue weighted by Crippen LogP contribution is -2.54. The van der Waals surface area contributed by atoms with Gasteiger partial charge in [0.05, 0.1) is 6.54 Å². The Balaban J connectivity index is 1.62. The Kier molecular flexibility index (Phi) is 7.30. The minimum atomic E-state index is -0.0338. The van der Waals surface area contributed by atoms with Gasteiger partial charge in [-0.1, -0.05) is 13.3 Å². The number of aliphatic imine (C=N–C) groups is 1. The van der Waals surface area contributed by atoms with Gasteiger partial charge in [-0.3, -0.25) is 14.7 Å². The van der Waals surface area contributed by atoms with Crippen LogP contribution in [0.3, 0.4) is 0 Å². The molecule has 1 N–H and O–H groups in total. The van der Waals surface area contributed by atoms with E-state index in [1.165, 1.54) is 25.8 Å². The number of aromatic nitrogens is 2. The normalized spacial score (nSPS) is 21.8. The number of hydrogen-bond acceptors (Lipinski definition) is 5. The SMILES string of the molecule is CCNC(=NCC1CCCCN1CC)N1CCN(c2nccn(C)c2=O)CC1. The topological polar surface area (TPSA) is 69.0 Å². The third kappa shape index (κ3) is 4.84. The van der Waals surface area contributed by atoms with E-state index in [2.05, 4.69) is 38.8 Å². The van der Waals surface area contributed by atoms with E-state index in [9.17, 15) is 4.79 Å². The molecule has 0 aliphatic carbocycles. The number of nitrogens with zero attached hydrogens (tertiary/aromatic N) is 6. The molecule has 1 atom stereocenters. The van der Waals surface area contributed by atoms with Crippen molar-refractivity contribution >= 4 is 11.8 Å². The number of piperazine rings is 1. The van der Waals surface area contributed by atoms with Crippen LogP contribution in [-0.4, -0.2) is 83.7 Å². The molecule has 1 aromatic rings. The molecule has 2 aliphatic rings. The molecule has 8 heteroatoms. The van der Waals surface area contributed by atoms with Crippen LogP contribution < -0.4 is 15.8 Å². The second-order valence-electron chi connectivity index (χ2n) is 7.61. The zero-order valence-corrected chi connectivity index (χ0v) is 17.6. The number of rotatable bonds is 5. The van der Waals surface area contributed by atoms with Gasteiger partial charge in [0, 0.05) is 58.2 Å². The van der Waals surface area contributed by atoms with Gasteiger partial charge in [0.15, 0.2) is 11.8 Å². The zero-order valence-electron chi connectivity index (χ0n) is 17.6. The molecule has 3 heterocycles. The van der Waals surface area contributed by atoms with Gasteiger partial charge in [-0.25, -0.2) is 4.98 Å². The Bertz CT molecular complexity index is 709. The van der Waals surface area contributed by atoms with Gasteiger partial charge in [0.25, 0.3) is 5.56 Å². The molecule has 0 amide bonds. The van der Waals surface area contributed by atoms with E-state index in [0.29, 0.717) is 11.9 Å². The summed E-state index contributed by atoms with van der Waals surface area (Å²) in [4.78, 5) is 28.6. The molecule has 1 unspecified atom stereocenters. The highest BCUT2D eigenvalue weighted by Crippen LogP contribution is 2.17. The highest BCUT2D eigenvalue weighted by molar-refractivity contribution is 5.80. The summed E-state index contributed by atoms with van der Waals surface area (Å²) < 4.78 is 1.59. The molecule has 0 saturated carbocycles. The summed E-state index contributed by atoms with van der Waals surface area (Å²) in [6.45, 7) is 11.6. The molecule has 8 nitrogen and oxygen atoms in total. The van der Waals surface area contributed by atoms with Crippen LogP contribution in [0.5, 0.6) is 0 Å². The summed E-state index contributed by atoms with van der Waals surface area (Å²) in [5, 5.41) is 3.46. The first kappa shape index (κ1) is 20.6. The third-order valence-corrected chi connectivity index (χ3v) is 5.82. The molecular formula is C20H35N7O. The second-order valence-corrected chi connectivity index (χ2v) is 7.61. The van der Waals surface area contributed by atoms with Gasteiger partial charge in [-0.05, 0) is 32.9 Å². The van der Waals surface area contributed by atoms with Gasteiger partial charge < -0.3 is 19.7 Å². The van der Waals surface area contributed by atoms with Gasteiger partial charge in [0.1, 0.15) is 0 Å². The summed E-state index contributed by atoms with van der Waals surface area (Å²) in [6, 6.07) is 0.560. The standard InChI is InChI=1S/C20H35N7O/c1-4-21-20(23-16-17-8-6-7-10-25(17)5-2)27-14-12-26(13-15-27)18-19(28)24(3)11-9-22-18/h9,11,17H,4-8,10,12-16H2,1-3H3,(H,21,23). The van der Waals surface area contributed by atoms with Crippen LogP contribution in [0.25, 0.3) is 0 Å². The first-order valence-corrected chi connectivity index (χ1v) is 10.7. The van der Waals surface area contributed by atoms with E-state index in [1.807, 2.05) is 0 Å². The maximum absolute atomic E-state index is 12.3. The summed E-state index contributed by atoms with van der Waals surface area (Å²) in [7, 11) is 1.77. The molecule has 2 aliphatic heterocycles. The fourth-order valence-corrected chi connectivity index (χ4v) is 4.13. The monoisotopic (exact) mass is 389 g/mol. The molecule has 2 saturated heterocycles. The molecular weight excluding hydrogens is 354 g/mol. The first-order chi connectivity index (χ1) is 13.6. The second kappa shape index (κ2) is 9.91. The van der Waals surface area contributed by atoms with Crippen molar-refractivity contribution in [3.05, 3.63) is 22.7 Å². The van der Waals surface area contributed by atoms with E-state index in [0.717, 1.165) is 51.8 Å². The number of hydrogen-bond donors (Lipinski definition) is 1. The maximum Gasteiger partial charge on any atom is 0.293 e. The Hall–Kier alpha value is -2.09. The number of anilines is 1. The van der Waals surface area contributed by atoms with Crippen molar-refractivity contribution in [2.24, 2.45) is 12.0 Å². The summed E-state index contributed by atoms with van der Waals surface area (Å²) in [6.07, 6.45) is 7.25. The number of nitrogens with one attached hydrogen (secondary N) is 1. The number of likely N-dealkylation sites (tertiary alicyclic amines) is 1. The van der Waals surface area contributed by atoms with Gasteiger partial charge in [0.2, 0.25) is 0 Å². The molecule has 2 fully saturated rings. The molecule has 1 aromatic heterocycles. The van der Waals surface area contributed by atoms with E-state index >= 15 is 0 Å². The van der Waals surface area contributed by atoms with Gasteiger partial charge in [-0.2, -0.15) is 0 Å². The Morgan fingerprint density at radius 1 is 1.21 bits per heavy atom. The highest BCUT2D eigenvalue weighted by Gasteiger charge is 2.24. The predicted molar refractivity (Wildman–Crippen MR) is 114 cm³/mol. The summed E-state index contributed by atoms with van der Waals surface area (Å²) >= 11 is 0. The molecule has 0 radical (unpaired) electrons. The van der Waals surface area contributed by atoms with E-state index in [-0.39, 0.29) is 5.56 Å². The van der Waals surface area contributed by atoms with Crippen molar-refractivity contribution in [3.8, 4) is 0 Å². The fourth-order valence-electron chi connectivity index (χ4n) is 4.13. The van der Waals surface area contributed by atoms with Crippen molar-refractivity contribution in [1.29, 1.82) is 0 Å². The predicted octanol–water partition coefficient (Wildman–Crippen LogP) is 0.742. The molecule has 0 bridgehead atoms. The Morgan fingerprint density at radius 3 is 2.71 bits per heavy atom. The quantitative estimate of drug-likeness (QED) is 0.592. The van der Waals surface area contributed by atoms with Crippen LogP contribution in [0.4, 0.5) is 5.82 Å². The maximum atomic E-state index is 12.3. The van der Waals surface area contributed by atoms with Crippen molar-refractivity contribution in [3.63, 3.8) is 0 Å². The van der Waals surface area contributed by atoms with Crippen LogP contribution in [0.1, 0.15) is 33.1 Å². The number of guanidine groups is 1. The van der Waals surface area contributed by atoms with Crippen LogP contribution >= 0.6 is 0 Å². The third-order valence-electron chi connectivity index (χ3n) is 5.82. The molecule has 0 aromatic carbocycles. The van der Waals surface area contributed by atoms with Crippen molar-refractivity contribution in [1.82, 2.24) is 24.7 Å². The van der Waals surface area contributed by atoms with Crippen LogP contribution in [0.2, 0.25) is 0 Å². The van der Waals surface area contributed by atoms with Gasteiger partial charge >= 0.3 is 0 Å². The molecule has 3 rings (SSSR count). The zero-order chi connectivity index (χ0) is 19.9. The lowest BCUT2D eigenvalue weighted by Gasteiger charge is -2.37. The summed E-state index contributed by atoms with van der Waals surface area (Å²) in [5.41, 5.74) is -0.0338. The smallest absolute Gasteiger partial charge is 0.293 e. The lowest BCUT2D eigenvalue weighted by atomic mass is 10.0. The minimum Gasteiger partial charge on any atom is -0.357 e. The van der Waals surface area contributed by atoms with E-state index in [1.54, 1.807) is 24.0 Å². The highest BCUT2D eigenvalue weighted by atomic mass is 16.1. The van der Waals surface area contributed by atoms with Crippen molar-refractivity contribution in [2.75, 3.05) is 57.3 Å². The Morgan fingerprint density at radius 2 is 2.00 bits per heavy atom. The van der Waals surface area contributed by atoms with E-state index < -0.39 is 0 Å². The van der Waals surface area contributed by atoms with Crippen LogP contribution in [0, 0.1) is 0 Å². The fraction of sp³-hybridized carbons (Fsp3) is 0.750. The van der Waals surface area contributed by atoms with Crippen molar-refractivity contribution in [2.45, 2.75) is 39.2 Å². The molecule has 28 heavy (non-hydrogen) atoms. The lowest BCUT2D eigenvalue weighted by molar-refractivity contribution is 0.161. The van der Waals surface area contributed by atoms with E-state index in [4.69, 9.17) is 4.99 Å². The largest absolute Gasteiger partial charge is 0.357 e. The number of aryl methyl sites for hydroxylation is 1. The molecule has 156 valence electrons. The van der Waals surface area contributed by atoms with Crippen molar-refractivity contribution < 1.29 is 0 Å². The Labute approximate surface area is 168 Å². The number of piperidine rings is 1. The van der Waals surface area contributed by atoms with Gasteiger partial charge in [-0.15, -0.1) is 0 Å². The van der Waals surface area contributed by atoms with Crippen LogP contribution in [0.15, 0.2) is 22.2 Å². The number of likely N-dealkylation sites (N-methyl/N-ethyl adjacent to an activating group) is 1. The molecule has 0 spiro atoms. The first-order valence-electron chi connectivity index (χ1n) is 10.7. The summed E-state index contributed by atoms with van der Waals surface area (Å²) in [5.74, 6) is 1.55. The van der Waals surface area contributed by atoms with Crippen LogP contribution in [-0.2, 0) is 7.05 Å². The minimum absolute atomic E-state index is 0.0338.